The Balaban J connectivity index is 1.76. The van der Waals surface area contributed by atoms with Gasteiger partial charge in [-0.15, -0.1) is 0 Å². The summed E-state index contributed by atoms with van der Waals surface area (Å²) in [7, 11) is -3.30. The van der Waals surface area contributed by atoms with Gasteiger partial charge in [-0.2, -0.15) is 10.4 Å². The highest BCUT2D eigenvalue weighted by atomic mass is 32.2. The number of sulfone groups is 1. The summed E-state index contributed by atoms with van der Waals surface area (Å²) < 4.78 is 27.4. The second-order valence-electron chi connectivity index (χ2n) is 7.17. The number of nitriles is 1. The number of hydrogen-bond donors (Lipinski definition) is 1. The van der Waals surface area contributed by atoms with Gasteiger partial charge in [-0.05, 0) is 30.3 Å². The Morgan fingerprint density at radius 1 is 1.16 bits per heavy atom. The van der Waals surface area contributed by atoms with E-state index in [1.54, 1.807) is 41.3 Å². The van der Waals surface area contributed by atoms with Gasteiger partial charge >= 0.3 is 0 Å². The third-order valence-corrected chi connectivity index (χ3v) is 6.20. The molecule has 0 atom stereocenters. The minimum Gasteiger partial charge on any atom is -0.346 e. The van der Waals surface area contributed by atoms with Crippen LogP contribution in [0.1, 0.15) is 6.42 Å². The van der Waals surface area contributed by atoms with Crippen molar-refractivity contribution in [1.29, 1.82) is 5.26 Å². The molecular formula is C21H17N7O2S. The molecule has 154 valence electrons. The monoisotopic (exact) mass is 431 g/mol. The predicted molar refractivity (Wildman–Crippen MR) is 115 cm³/mol. The van der Waals surface area contributed by atoms with Crippen LogP contribution in [0.4, 0.5) is 0 Å². The Hall–Kier alpha value is -3.97. The van der Waals surface area contributed by atoms with Crippen molar-refractivity contribution in [3.63, 3.8) is 0 Å². The Kier molecular flexibility index (Phi) is 4.34. The number of aromatic amines is 1. The number of hydrogen-bond acceptors (Lipinski definition) is 6. The molecule has 0 aliphatic heterocycles. The highest BCUT2D eigenvalue weighted by Crippen LogP contribution is 2.32. The summed E-state index contributed by atoms with van der Waals surface area (Å²) >= 11 is 0. The maximum atomic E-state index is 11.8. The third kappa shape index (κ3) is 3.25. The van der Waals surface area contributed by atoms with E-state index < -0.39 is 9.84 Å². The second-order valence-corrected chi connectivity index (χ2v) is 9.18. The van der Waals surface area contributed by atoms with Crippen molar-refractivity contribution >= 4 is 31.9 Å². The molecule has 5 rings (SSSR count). The van der Waals surface area contributed by atoms with Gasteiger partial charge in [-0.1, -0.05) is 0 Å². The van der Waals surface area contributed by atoms with Crippen molar-refractivity contribution < 1.29 is 8.42 Å². The van der Waals surface area contributed by atoms with Crippen LogP contribution in [0, 0.1) is 11.3 Å². The molecule has 9 nitrogen and oxygen atoms in total. The van der Waals surface area contributed by atoms with Crippen molar-refractivity contribution in [1.82, 2.24) is 29.3 Å². The number of aryl methyl sites for hydroxylation is 1. The number of H-pyrrole nitrogens is 1. The molecule has 1 N–H and O–H groups in total. The molecule has 4 heterocycles. The number of fused-ring (bicyclic) bond motifs is 3. The minimum absolute atomic E-state index is 0.248. The highest BCUT2D eigenvalue weighted by Gasteiger charge is 2.19. The molecule has 0 unspecified atom stereocenters. The quantitative estimate of drug-likeness (QED) is 0.456. The summed E-state index contributed by atoms with van der Waals surface area (Å²) in [5.74, 6) is 0.644. The lowest BCUT2D eigenvalue weighted by molar-refractivity contribution is 0.602. The number of nitrogens with zero attached hydrogens (tertiary/aromatic N) is 6. The molecule has 10 heteroatoms. The standard InChI is InChI=1S/C21H17N7O2S/c1-31(29,30)16-5-3-14(4-6-16)21-26-18-12-24-20-17(7-9-23-20)19(18)28(21)15-11-25-27(13-15)10-2-8-22/h3-7,9,11-13H,2,10H2,1H3,(H,23,24). The fraction of sp³-hybridized carbons (Fsp3) is 0.143. The third-order valence-electron chi connectivity index (χ3n) is 5.07. The summed E-state index contributed by atoms with van der Waals surface area (Å²) in [4.78, 5) is 12.6. The molecule has 0 aliphatic carbocycles. The van der Waals surface area contributed by atoms with Gasteiger partial charge in [0.2, 0.25) is 0 Å². The lowest BCUT2D eigenvalue weighted by atomic mass is 10.2. The summed E-state index contributed by atoms with van der Waals surface area (Å²) in [5, 5.41) is 14.2. The van der Waals surface area contributed by atoms with Crippen LogP contribution in [0.25, 0.3) is 39.1 Å². The van der Waals surface area contributed by atoms with Crippen LogP contribution in [-0.4, -0.2) is 44.0 Å². The summed E-state index contributed by atoms with van der Waals surface area (Å²) in [6, 6.07) is 10.7. The summed E-state index contributed by atoms with van der Waals surface area (Å²) in [5.41, 5.74) is 3.87. The zero-order chi connectivity index (χ0) is 21.6. The first-order chi connectivity index (χ1) is 15.0. The lowest BCUT2D eigenvalue weighted by Crippen LogP contribution is -2.00. The molecule has 1 aromatic carbocycles. The van der Waals surface area contributed by atoms with E-state index in [4.69, 9.17) is 10.2 Å². The average Bonchev–Trinajstić information content (AvgIpc) is 3.48. The molecule has 4 aromatic heterocycles. The SMILES string of the molecule is CS(=O)(=O)c1ccc(-c2nc3cnc4[nH]ccc4c3n2-c2cnn(CCC#N)c2)cc1. The van der Waals surface area contributed by atoms with Crippen molar-refractivity contribution in [3.8, 4) is 23.1 Å². The molecule has 0 amide bonds. The molecule has 0 aliphatic rings. The highest BCUT2D eigenvalue weighted by molar-refractivity contribution is 7.90. The number of imidazole rings is 1. The Bertz CT molecular complexity index is 1570. The minimum atomic E-state index is -3.30. The molecular weight excluding hydrogens is 414 g/mol. The van der Waals surface area contributed by atoms with Gasteiger partial charge < -0.3 is 4.98 Å². The maximum absolute atomic E-state index is 11.8. The number of nitrogens with one attached hydrogen (secondary N) is 1. The topological polar surface area (TPSA) is 122 Å². The van der Waals surface area contributed by atoms with Crippen LogP contribution >= 0.6 is 0 Å². The molecule has 0 saturated carbocycles. The molecule has 5 aromatic rings. The molecule has 0 radical (unpaired) electrons. The lowest BCUT2D eigenvalue weighted by Gasteiger charge is -2.08. The van der Waals surface area contributed by atoms with Crippen LogP contribution in [0.3, 0.4) is 0 Å². The van der Waals surface area contributed by atoms with Gasteiger partial charge in [0.1, 0.15) is 17.0 Å². The average molecular weight is 431 g/mol. The smallest absolute Gasteiger partial charge is 0.175 e. The molecule has 0 spiro atoms. The number of aromatic nitrogens is 6. The first-order valence-corrected chi connectivity index (χ1v) is 11.4. The summed E-state index contributed by atoms with van der Waals surface area (Å²) in [6.07, 6.45) is 8.67. The number of pyridine rings is 1. The van der Waals surface area contributed by atoms with Gasteiger partial charge in [-0.25, -0.2) is 18.4 Å². The Morgan fingerprint density at radius 2 is 1.97 bits per heavy atom. The first kappa shape index (κ1) is 19.0. The molecule has 0 bridgehead atoms. The van der Waals surface area contributed by atoms with Gasteiger partial charge in [0.15, 0.2) is 9.84 Å². The van der Waals surface area contributed by atoms with Crippen molar-refractivity contribution in [3.05, 3.63) is 55.1 Å². The van der Waals surface area contributed by atoms with Crippen LogP contribution < -0.4 is 0 Å². The first-order valence-electron chi connectivity index (χ1n) is 9.50. The fourth-order valence-corrected chi connectivity index (χ4v) is 4.25. The van der Waals surface area contributed by atoms with Crippen LogP contribution in [-0.2, 0) is 16.4 Å². The number of rotatable bonds is 5. The zero-order valence-corrected chi connectivity index (χ0v) is 17.3. The van der Waals surface area contributed by atoms with E-state index in [2.05, 4.69) is 21.1 Å². The molecule has 31 heavy (non-hydrogen) atoms. The predicted octanol–water partition coefficient (Wildman–Crippen LogP) is 3.08. The Morgan fingerprint density at radius 3 is 2.71 bits per heavy atom. The fourth-order valence-electron chi connectivity index (χ4n) is 3.62. The van der Waals surface area contributed by atoms with Crippen molar-refractivity contribution in [2.75, 3.05) is 6.26 Å². The van der Waals surface area contributed by atoms with Gasteiger partial charge in [0.05, 0.1) is 47.5 Å². The zero-order valence-electron chi connectivity index (χ0n) is 16.5. The van der Waals surface area contributed by atoms with E-state index in [0.29, 0.717) is 24.3 Å². The molecule has 0 saturated heterocycles. The van der Waals surface area contributed by atoms with E-state index in [-0.39, 0.29) is 4.90 Å². The van der Waals surface area contributed by atoms with Gasteiger partial charge in [0, 0.05) is 29.6 Å². The van der Waals surface area contributed by atoms with Crippen LogP contribution in [0.5, 0.6) is 0 Å². The van der Waals surface area contributed by atoms with Crippen LogP contribution in [0.15, 0.2) is 60.0 Å². The van der Waals surface area contributed by atoms with Crippen molar-refractivity contribution in [2.24, 2.45) is 0 Å². The van der Waals surface area contributed by atoms with Gasteiger partial charge in [-0.3, -0.25) is 9.25 Å². The normalized spacial score (nSPS) is 11.9. The van der Waals surface area contributed by atoms with E-state index in [0.717, 1.165) is 27.8 Å². The Labute approximate surface area is 177 Å². The van der Waals surface area contributed by atoms with Crippen LogP contribution in [0.2, 0.25) is 0 Å². The summed E-state index contributed by atoms with van der Waals surface area (Å²) in [6.45, 7) is 0.489. The van der Waals surface area contributed by atoms with Crippen molar-refractivity contribution in [2.45, 2.75) is 17.9 Å². The van der Waals surface area contributed by atoms with Gasteiger partial charge in [0.25, 0.3) is 0 Å². The maximum Gasteiger partial charge on any atom is 0.175 e. The van der Waals surface area contributed by atoms with E-state index in [1.807, 2.05) is 23.0 Å². The van der Waals surface area contributed by atoms with E-state index >= 15 is 0 Å². The largest absolute Gasteiger partial charge is 0.346 e. The van der Waals surface area contributed by atoms with E-state index in [9.17, 15) is 8.42 Å². The van der Waals surface area contributed by atoms with E-state index in [1.165, 1.54) is 6.26 Å². The second kappa shape index (κ2) is 7.07. The molecule has 0 fully saturated rings. The number of benzene rings is 1.